The molecule has 2 aliphatic heterocycles. The maximum atomic E-state index is 14.0. The molecule has 0 aromatic carbocycles. The van der Waals surface area contributed by atoms with Gasteiger partial charge in [0.15, 0.2) is 17.8 Å². The molecule has 0 radical (unpaired) electrons. The number of rotatable bonds is 4. The van der Waals surface area contributed by atoms with Crippen molar-refractivity contribution in [2.75, 3.05) is 26.0 Å². The molecule has 1 N–H and O–H groups in total. The second-order valence-corrected chi connectivity index (χ2v) is 7.22. The van der Waals surface area contributed by atoms with Gasteiger partial charge in [0.2, 0.25) is 17.8 Å². The molecular formula is C20H21F3N6O2. The molecule has 2 amide bonds. The van der Waals surface area contributed by atoms with E-state index in [4.69, 9.17) is 4.74 Å². The number of aliphatic imine (C=N–C) groups is 2. The Morgan fingerprint density at radius 3 is 2.77 bits per heavy atom. The first kappa shape index (κ1) is 20.9. The minimum absolute atomic E-state index is 0.141. The normalized spacial score (nSPS) is 23.4. The van der Waals surface area contributed by atoms with Gasteiger partial charge in [-0.1, -0.05) is 6.92 Å². The number of nitrogens with one attached hydrogen (secondary N) is 1. The summed E-state index contributed by atoms with van der Waals surface area (Å²) in [4.78, 5) is 28.1. The van der Waals surface area contributed by atoms with E-state index in [0.29, 0.717) is 35.2 Å². The number of halogens is 3. The number of carbonyl (C=O) groups excluding carboxylic acids is 1. The van der Waals surface area contributed by atoms with Crippen LogP contribution in [0.15, 0.2) is 45.4 Å². The zero-order valence-electron chi connectivity index (χ0n) is 17.2. The molecule has 164 valence electrons. The number of methoxy groups -OCH3 is 1. The molecule has 2 atom stereocenters. The third-order valence-corrected chi connectivity index (χ3v) is 5.35. The number of urea groups is 1. The summed E-state index contributed by atoms with van der Waals surface area (Å²) in [5.41, 5.74) is 1.60. The lowest BCUT2D eigenvalue weighted by atomic mass is 9.95. The van der Waals surface area contributed by atoms with E-state index in [9.17, 15) is 18.0 Å². The lowest BCUT2D eigenvalue weighted by Crippen LogP contribution is -2.56. The maximum absolute atomic E-state index is 14.0. The van der Waals surface area contributed by atoms with Crippen molar-refractivity contribution in [2.24, 2.45) is 9.98 Å². The Labute approximate surface area is 176 Å². The molecule has 0 bridgehead atoms. The average molecular weight is 434 g/mol. The summed E-state index contributed by atoms with van der Waals surface area (Å²) in [7, 11) is 3.02. The number of hydrogen-bond donors (Lipinski definition) is 1. The second-order valence-electron chi connectivity index (χ2n) is 7.22. The molecule has 1 aromatic heterocycles. The first-order valence-corrected chi connectivity index (χ1v) is 9.74. The van der Waals surface area contributed by atoms with Crippen LogP contribution in [0.2, 0.25) is 0 Å². The predicted octanol–water partition coefficient (Wildman–Crippen LogP) is 3.34. The molecule has 1 aromatic rings. The van der Waals surface area contributed by atoms with E-state index in [1.54, 1.807) is 17.0 Å². The van der Waals surface area contributed by atoms with E-state index in [1.807, 2.05) is 6.92 Å². The van der Waals surface area contributed by atoms with Crippen molar-refractivity contribution >= 4 is 23.6 Å². The minimum Gasteiger partial charge on any atom is -0.481 e. The molecular weight excluding hydrogens is 413 g/mol. The number of anilines is 1. The average Bonchev–Trinajstić information content (AvgIpc) is 3.21. The Hall–Kier alpha value is -3.37. The SMILES string of the molecule is CCc1nc(OC)ccc1NC1=NC(=O)N(C)C2=NCC(C3=CC(F)=C(F)C(F)C3)N12. The number of hydrogen-bond acceptors (Lipinski definition) is 6. The number of ether oxygens (including phenoxy) is 1. The third kappa shape index (κ3) is 3.64. The summed E-state index contributed by atoms with van der Waals surface area (Å²) in [6.07, 6.45) is -0.790. The van der Waals surface area contributed by atoms with E-state index < -0.39 is 29.9 Å². The Morgan fingerprint density at radius 1 is 1.32 bits per heavy atom. The largest absolute Gasteiger partial charge is 0.481 e. The Bertz CT molecular complexity index is 1050. The van der Waals surface area contributed by atoms with Crippen LogP contribution in [0.4, 0.5) is 23.7 Å². The number of aryl methyl sites for hydroxylation is 1. The molecule has 1 aliphatic carbocycles. The van der Waals surface area contributed by atoms with E-state index in [-0.39, 0.29) is 18.9 Å². The van der Waals surface area contributed by atoms with Crippen molar-refractivity contribution < 1.29 is 22.7 Å². The van der Waals surface area contributed by atoms with Gasteiger partial charge in [-0.2, -0.15) is 4.99 Å². The summed E-state index contributed by atoms with van der Waals surface area (Å²) in [6, 6.07) is 2.24. The fraction of sp³-hybridized carbons (Fsp3) is 0.400. The number of nitrogens with zero attached hydrogens (tertiary/aromatic N) is 5. The van der Waals surface area contributed by atoms with Crippen molar-refractivity contribution in [3.05, 3.63) is 41.1 Å². The highest BCUT2D eigenvalue weighted by atomic mass is 19.2. The number of aromatic nitrogens is 1. The summed E-state index contributed by atoms with van der Waals surface area (Å²) >= 11 is 0. The molecule has 0 saturated carbocycles. The Kier molecular flexibility index (Phi) is 5.42. The van der Waals surface area contributed by atoms with Crippen LogP contribution in [-0.4, -0.2) is 65.6 Å². The molecule has 3 heterocycles. The second kappa shape index (κ2) is 8.05. The van der Waals surface area contributed by atoms with Gasteiger partial charge >= 0.3 is 6.03 Å². The number of carbonyl (C=O) groups is 1. The molecule has 8 nitrogen and oxygen atoms in total. The lowest BCUT2D eigenvalue weighted by molar-refractivity contribution is 0.230. The minimum atomic E-state index is -2.06. The van der Waals surface area contributed by atoms with Crippen molar-refractivity contribution in [3.63, 3.8) is 0 Å². The number of alkyl halides is 1. The van der Waals surface area contributed by atoms with Gasteiger partial charge in [-0.25, -0.2) is 27.9 Å². The zero-order chi connectivity index (χ0) is 22.3. The Morgan fingerprint density at radius 2 is 2.10 bits per heavy atom. The highest BCUT2D eigenvalue weighted by molar-refractivity contribution is 6.17. The van der Waals surface area contributed by atoms with Crippen LogP contribution in [0, 0.1) is 0 Å². The standard InChI is InChI=1S/C20H21F3N6O2/c1-4-13-14(5-6-16(25-13)31-3)26-18-27-20(30)28(2)19-24-9-15(29(18)19)10-7-11(21)17(23)12(22)8-10/h5-7,12,15H,4,8-9H2,1-3H3,(H,26,27,30). The van der Waals surface area contributed by atoms with Crippen LogP contribution < -0.4 is 10.1 Å². The van der Waals surface area contributed by atoms with Crippen LogP contribution >= 0.6 is 0 Å². The molecule has 2 unspecified atom stereocenters. The van der Waals surface area contributed by atoms with E-state index in [2.05, 4.69) is 20.3 Å². The molecule has 0 saturated heterocycles. The maximum Gasteiger partial charge on any atom is 0.353 e. The summed E-state index contributed by atoms with van der Waals surface area (Å²) in [5, 5.41) is 3.10. The van der Waals surface area contributed by atoms with Crippen molar-refractivity contribution in [2.45, 2.75) is 32.0 Å². The van der Waals surface area contributed by atoms with Gasteiger partial charge in [0.05, 0.1) is 31.1 Å². The highest BCUT2D eigenvalue weighted by Crippen LogP contribution is 2.34. The Balaban J connectivity index is 1.71. The number of fused-ring (bicyclic) bond motifs is 1. The fourth-order valence-corrected chi connectivity index (χ4v) is 3.72. The number of allylic oxidation sites excluding steroid dienone is 3. The third-order valence-electron chi connectivity index (χ3n) is 5.35. The fourth-order valence-electron chi connectivity index (χ4n) is 3.72. The van der Waals surface area contributed by atoms with Crippen LogP contribution in [0.25, 0.3) is 0 Å². The summed E-state index contributed by atoms with van der Waals surface area (Å²) < 4.78 is 46.6. The predicted molar refractivity (Wildman–Crippen MR) is 109 cm³/mol. The van der Waals surface area contributed by atoms with E-state index in [1.165, 1.54) is 19.1 Å². The zero-order valence-corrected chi connectivity index (χ0v) is 17.2. The van der Waals surface area contributed by atoms with Gasteiger partial charge in [-0.05, 0) is 24.1 Å². The van der Waals surface area contributed by atoms with Crippen LogP contribution in [-0.2, 0) is 6.42 Å². The number of pyridine rings is 1. The quantitative estimate of drug-likeness (QED) is 0.786. The van der Waals surface area contributed by atoms with Gasteiger partial charge in [0.25, 0.3) is 0 Å². The number of guanidine groups is 2. The summed E-state index contributed by atoms with van der Waals surface area (Å²) in [6.45, 7) is 2.06. The lowest BCUT2D eigenvalue weighted by Gasteiger charge is -2.36. The molecule has 3 aliphatic rings. The van der Waals surface area contributed by atoms with Gasteiger partial charge < -0.3 is 10.1 Å². The number of amides is 2. The van der Waals surface area contributed by atoms with Crippen LogP contribution in [0.3, 0.4) is 0 Å². The topological polar surface area (TPSA) is 82.4 Å². The van der Waals surface area contributed by atoms with Crippen molar-refractivity contribution in [3.8, 4) is 5.88 Å². The summed E-state index contributed by atoms with van der Waals surface area (Å²) in [5.74, 6) is -1.76. The van der Waals surface area contributed by atoms with E-state index >= 15 is 0 Å². The van der Waals surface area contributed by atoms with Gasteiger partial charge in [0.1, 0.15) is 0 Å². The molecule has 0 fully saturated rings. The molecule has 31 heavy (non-hydrogen) atoms. The van der Waals surface area contributed by atoms with Crippen molar-refractivity contribution in [1.29, 1.82) is 0 Å². The van der Waals surface area contributed by atoms with Gasteiger partial charge in [0, 0.05) is 19.5 Å². The smallest absolute Gasteiger partial charge is 0.353 e. The van der Waals surface area contributed by atoms with E-state index in [0.717, 1.165) is 6.08 Å². The first-order valence-electron chi connectivity index (χ1n) is 9.74. The monoisotopic (exact) mass is 434 g/mol. The van der Waals surface area contributed by atoms with Gasteiger partial charge in [-0.3, -0.25) is 9.80 Å². The van der Waals surface area contributed by atoms with Crippen LogP contribution in [0.5, 0.6) is 5.88 Å². The van der Waals surface area contributed by atoms with Crippen molar-refractivity contribution in [1.82, 2.24) is 14.8 Å². The van der Waals surface area contributed by atoms with Gasteiger partial charge in [-0.15, -0.1) is 0 Å². The molecule has 4 rings (SSSR count). The highest BCUT2D eigenvalue weighted by Gasteiger charge is 2.42. The molecule has 0 spiro atoms. The first-order chi connectivity index (χ1) is 14.8. The van der Waals surface area contributed by atoms with Crippen LogP contribution in [0.1, 0.15) is 19.0 Å². The molecule has 11 heteroatoms.